The van der Waals surface area contributed by atoms with Crippen LogP contribution in [0.3, 0.4) is 0 Å². The Bertz CT molecular complexity index is 325. The maximum absolute atomic E-state index is 9.41. The molecule has 2 rings (SSSR count). The summed E-state index contributed by atoms with van der Waals surface area (Å²) in [5.74, 6) is 1.78. The maximum atomic E-state index is 9.41. The van der Waals surface area contributed by atoms with Crippen molar-refractivity contribution < 1.29 is 9.84 Å². The number of rotatable bonds is 2. The minimum atomic E-state index is 0.328. The third-order valence-electron chi connectivity index (χ3n) is 2.61. The fourth-order valence-electron chi connectivity index (χ4n) is 1.88. The van der Waals surface area contributed by atoms with Gasteiger partial charge in [-0.15, -0.1) is 0 Å². The lowest BCUT2D eigenvalue weighted by atomic mass is 9.91. The first-order valence-electron chi connectivity index (χ1n) is 4.83. The van der Waals surface area contributed by atoms with Crippen molar-refractivity contribution in [3.05, 3.63) is 23.8 Å². The Labute approximate surface area is 92.0 Å². The standard InChI is InChI=1S/C11H13BrO2/c12-5-3-8-4-6-14-11-2-1-9(13)7-10(8)11/h1-2,7-8,13H,3-6H2. The lowest BCUT2D eigenvalue weighted by Gasteiger charge is -2.25. The number of phenols is 1. The van der Waals surface area contributed by atoms with Crippen molar-refractivity contribution in [3.8, 4) is 11.5 Å². The third kappa shape index (κ3) is 1.87. The molecular formula is C11H13BrO2. The average molecular weight is 257 g/mol. The quantitative estimate of drug-likeness (QED) is 0.825. The van der Waals surface area contributed by atoms with E-state index >= 15 is 0 Å². The molecule has 0 saturated carbocycles. The van der Waals surface area contributed by atoms with Crippen molar-refractivity contribution >= 4 is 15.9 Å². The molecule has 2 nitrogen and oxygen atoms in total. The Hall–Kier alpha value is -0.700. The van der Waals surface area contributed by atoms with Gasteiger partial charge in [-0.2, -0.15) is 0 Å². The van der Waals surface area contributed by atoms with E-state index in [-0.39, 0.29) is 0 Å². The van der Waals surface area contributed by atoms with Crippen LogP contribution in [0, 0.1) is 0 Å². The number of hydrogen-bond acceptors (Lipinski definition) is 2. The summed E-state index contributed by atoms with van der Waals surface area (Å²) >= 11 is 3.45. The van der Waals surface area contributed by atoms with Gasteiger partial charge in [-0.05, 0) is 37.0 Å². The van der Waals surface area contributed by atoms with Gasteiger partial charge in [0.1, 0.15) is 11.5 Å². The molecule has 0 fully saturated rings. The number of benzene rings is 1. The highest BCUT2D eigenvalue weighted by Crippen LogP contribution is 2.37. The number of halogens is 1. The van der Waals surface area contributed by atoms with Crippen LogP contribution >= 0.6 is 15.9 Å². The average Bonchev–Trinajstić information content (AvgIpc) is 2.19. The van der Waals surface area contributed by atoms with E-state index in [4.69, 9.17) is 4.74 Å². The third-order valence-corrected chi connectivity index (χ3v) is 3.07. The zero-order valence-corrected chi connectivity index (χ0v) is 9.46. The van der Waals surface area contributed by atoms with Gasteiger partial charge in [-0.1, -0.05) is 15.9 Å². The zero-order chi connectivity index (χ0) is 9.97. The van der Waals surface area contributed by atoms with Crippen LogP contribution in [0.5, 0.6) is 11.5 Å². The van der Waals surface area contributed by atoms with Gasteiger partial charge in [0.15, 0.2) is 0 Å². The molecule has 14 heavy (non-hydrogen) atoms. The molecule has 1 atom stereocenters. The second-order valence-electron chi connectivity index (χ2n) is 3.53. The molecule has 0 radical (unpaired) electrons. The predicted octanol–water partition coefficient (Wildman–Crippen LogP) is 3.04. The molecule has 3 heteroatoms. The van der Waals surface area contributed by atoms with E-state index in [2.05, 4.69) is 15.9 Å². The van der Waals surface area contributed by atoms with Crippen molar-refractivity contribution in [2.45, 2.75) is 18.8 Å². The predicted molar refractivity (Wildman–Crippen MR) is 59.4 cm³/mol. The number of alkyl halides is 1. The molecule has 0 saturated heterocycles. The highest BCUT2D eigenvalue weighted by Gasteiger charge is 2.20. The van der Waals surface area contributed by atoms with E-state index in [1.54, 1.807) is 6.07 Å². The summed E-state index contributed by atoms with van der Waals surface area (Å²) in [7, 11) is 0. The Morgan fingerprint density at radius 1 is 1.50 bits per heavy atom. The summed E-state index contributed by atoms with van der Waals surface area (Å²) in [6.45, 7) is 0.787. The van der Waals surface area contributed by atoms with Gasteiger partial charge in [0, 0.05) is 10.9 Å². The van der Waals surface area contributed by atoms with E-state index in [1.807, 2.05) is 12.1 Å². The van der Waals surface area contributed by atoms with Crippen LogP contribution in [-0.4, -0.2) is 17.0 Å². The normalized spacial score (nSPS) is 19.9. The number of fused-ring (bicyclic) bond motifs is 1. The van der Waals surface area contributed by atoms with Gasteiger partial charge < -0.3 is 9.84 Å². The molecule has 1 N–H and O–H groups in total. The summed E-state index contributed by atoms with van der Waals surface area (Å²) in [4.78, 5) is 0. The minimum Gasteiger partial charge on any atom is -0.508 e. The van der Waals surface area contributed by atoms with Gasteiger partial charge in [0.25, 0.3) is 0 Å². The van der Waals surface area contributed by atoms with E-state index < -0.39 is 0 Å². The lowest BCUT2D eigenvalue weighted by Crippen LogP contribution is -2.14. The van der Waals surface area contributed by atoms with Crippen molar-refractivity contribution in [1.29, 1.82) is 0 Å². The Balaban J connectivity index is 2.32. The summed E-state index contributed by atoms with van der Waals surface area (Å²) in [6, 6.07) is 5.35. The second-order valence-corrected chi connectivity index (χ2v) is 4.33. The SMILES string of the molecule is Oc1ccc2c(c1)C(CCBr)CCO2. The molecule has 0 bridgehead atoms. The molecule has 1 aliphatic rings. The zero-order valence-electron chi connectivity index (χ0n) is 7.87. The van der Waals surface area contributed by atoms with Crippen LogP contribution in [-0.2, 0) is 0 Å². The smallest absolute Gasteiger partial charge is 0.123 e. The van der Waals surface area contributed by atoms with Gasteiger partial charge in [-0.3, -0.25) is 0 Å². The van der Waals surface area contributed by atoms with Gasteiger partial charge in [0.05, 0.1) is 6.61 Å². The van der Waals surface area contributed by atoms with Crippen LogP contribution in [0.1, 0.15) is 24.3 Å². The van der Waals surface area contributed by atoms with Crippen LogP contribution in [0.15, 0.2) is 18.2 Å². The molecule has 1 aromatic carbocycles. The van der Waals surface area contributed by atoms with Gasteiger partial charge in [0.2, 0.25) is 0 Å². The number of aromatic hydroxyl groups is 1. The molecule has 1 heterocycles. The Morgan fingerprint density at radius 3 is 3.14 bits per heavy atom. The van der Waals surface area contributed by atoms with Crippen LogP contribution < -0.4 is 4.74 Å². The highest BCUT2D eigenvalue weighted by atomic mass is 79.9. The fraction of sp³-hybridized carbons (Fsp3) is 0.455. The molecule has 76 valence electrons. The number of phenolic OH excluding ortho intramolecular Hbond substituents is 1. The summed E-state index contributed by atoms with van der Waals surface area (Å²) in [5.41, 5.74) is 1.15. The van der Waals surface area contributed by atoms with E-state index in [1.165, 1.54) is 0 Å². The summed E-state index contributed by atoms with van der Waals surface area (Å²) < 4.78 is 5.53. The highest BCUT2D eigenvalue weighted by molar-refractivity contribution is 9.09. The Morgan fingerprint density at radius 2 is 2.36 bits per heavy atom. The van der Waals surface area contributed by atoms with Crippen LogP contribution in [0.2, 0.25) is 0 Å². The Kier molecular flexibility index (Phi) is 2.96. The number of ether oxygens (including phenoxy) is 1. The van der Waals surface area contributed by atoms with Crippen LogP contribution in [0.4, 0.5) is 0 Å². The molecular weight excluding hydrogens is 244 g/mol. The van der Waals surface area contributed by atoms with Gasteiger partial charge in [-0.25, -0.2) is 0 Å². The minimum absolute atomic E-state index is 0.328. The lowest BCUT2D eigenvalue weighted by molar-refractivity contribution is 0.265. The van der Waals surface area contributed by atoms with Crippen molar-refractivity contribution in [3.63, 3.8) is 0 Å². The monoisotopic (exact) mass is 256 g/mol. The van der Waals surface area contributed by atoms with Crippen molar-refractivity contribution in [2.75, 3.05) is 11.9 Å². The van der Waals surface area contributed by atoms with E-state index in [9.17, 15) is 5.11 Å². The van der Waals surface area contributed by atoms with Crippen molar-refractivity contribution in [2.24, 2.45) is 0 Å². The first-order chi connectivity index (χ1) is 6.81. The molecule has 0 aromatic heterocycles. The molecule has 0 amide bonds. The second kappa shape index (κ2) is 4.22. The topological polar surface area (TPSA) is 29.5 Å². The van der Waals surface area contributed by atoms with Crippen LogP contribution in [0.25, 0.3) is 0 Å². The molecule has 1 aromatic rings. The molecule has 0 spiro atoms. The number of hydrogen-bond donors (Lipinski definition) is 1. The fourth-order valence-corrected chi connectivity index (χ4v) is 2.44. The van der Waals surface area contributed by atoms with E-state index in [0.29, 0.717) is 11.7 Å². The van der Waals surface area contributed by atoms with Crippen molar-refractivity contribution in [1.82, 2.24) is 0 Å². The summed E-state index contributed by atoms with van der Waals surface area (Å²) in [6.07, 6.45) is 2.14. The summed E-state index contributed by atoms with van der Waals surface area (Å²) in [5, 5.41) is 10.4. The molecule has 0 aliphatic carbocycles. The first-order valence-corrected chi connectivity index (χ1v) is 5.95. The molecule has 1 aliphatic heterocycles. The van der Waals surface area contributed by atoms with Gasteiger partial charge >= 0.3 is 0 Å². The largest absolute Gasteiger partial charge is 0.508 e. The molecule has 1 unspecified atom stereocenters. The van der Waals surface area contributed by atoms with E-state index in [0.717, 1.165) is 36.1 Å². The maximum Gasteiger partial charge on any atom is 0.123 e. The first kappa shape index (κ1) is 9.84.